The number of hydrogen-bond donors (Lipinski definition) is 1. The molecule has 1 aromatic heterocycles. The van der Waals surface area contributed by atoms with Crippen LogP contribution in [0.2, 0.25) is 0 Å². The van der Waals surface area contributed by atoms with Gasteiger partial charge in [-0.05, 0) is 38.0 Å². The van der Waals surface area contributed by atoms with Crippen LogP contribution in [-0.2, 0) is 11.2 Å². The van der Waals surface area contributed by atoms with Gasteiger partial charge in [0, 0.05) is 17.9 Å². The Kier molecular flexibility index (Phi) is 3.01. The van der Waals surface area contributed by atoms with E-state index in [4.69, 9.17) is 0 Å². The maximum absolute atomic E-state index is 10.2. The lowest BCUT2D eigenvalue weighted by atomic mass is 9.96. The molecule has 1 aromatic rings. The number of nitrogens with one attached hydrogen (secondary N) is 1. The number of aromatic nitrogens is 1. The molecule has 3 nitrogen and oxygen atoms in total. The molecule has 1 amide bonds. The van der Waals surface area contributed by atoms with Crippen molar-refractivity contribution in [3.63, 3.8) is 0 Å². The zero-order valence-corrected chi connectivity index (χ0v) is 7.87. The van der Waals surface area contributed by atoms with Gasteiger partial charge in [-0.2, -0.15) is 0 Å². The van der Waals surface area contributed by atoms with E-state index in [1.165, 1.54) is 0 Å². The first-order chi connectivity index (χ1) is 6.14. The zero-order valence-electron chi connectivity index (χ0n) is 7.87. The summed E-state index contributed by atoms with van der Waals surface area (Å²) in [4.78, 5) is 14.1. The lowest BCUT2D eigenvalue weighted by molar-refractivity contribution is 0.433. The third-order valence-electron chi connectivity index (χ3n) is 1.78. The summed E-state index contributed by atoms with van der Waals surface area (Å²) >= 11 is 0. The molecule has 0 aliphatic carbocycles. The summed E-state index contributed by atoms with van der Waals surface area (Å²) in [6.07, 6.45) is 5.99. The van der Waals surface area contributed by atoms with Crippen molar-refractivity contribution >= 4 is 6.41 Å². The van der Waals surface area contributed by atoms with Crippen molar-refractivity contribution in [3.05, 3.63) is 30.1 Å². The van der Waals surface area contributed by atoms with E-state index in [9.17, 15) is 4.79 Å². The van der Waals surface area contributed by atoms with E-state index in [2.05, 4.69) is 10.3 Å². The molecule has 1 rings (SSSR count). The van der Waals surface area contributed by atoms with Crippen molar-refractivity contribution in [1.29, 1.82) is 0 Å². The standard InChI is InChI=1S/C10H13N2O/c1-10(2,12-8-13)7-9-3-5-11-6-4-9/h3-6H,7H2,1-2H3,(H,12,13). The molecule has 1 radical (unpaired) electrons. The van der Waals surface area contributed by atoms with Crippen molar-refractivity contribution in [2.24, 2.45) is 0 Å². The molecule has 69 valence electrons. The summed E-state index contributed by atoms with van der Waals surface area (Å²) < 4.78 is 0. The van der Waals surface area contributed by atoms with Crippen LogP contribution in [0.4, 0.5) is 0 Å². The van der Waals surface area contributed by atoms with Gasteiger partial charge in [-0.1, -0.05) is 0 Å². The van der Waals surface area contributed by atoms with Crippen molar-refractivity contribution in [3.8, 4) is 0 Å². The Morgan fingerprint density at radius 1 is 1.46 bits per heavy atom. The number of carbonyl (C=O) groups excluding carboxylic acids is 1. The lowest BCUT2D eigenvalue weighted by Gasteiger charge is -2.22. The predicted molar refractivity (Wildman–Crippen MR) is 50.8 cm³/mol. The molecule has 1 N–H and O–H groups in total. The fraction of sp³-hybridized carbons (Fsp3) is 0.400. The highest BCUT2D eigenvalue weighted by Crippen LogP contribution is 2.10. The first-order valence-electron chi connectivity index (χ1n) is 4.17. The van der Waals surface area contributed by atoms with Gasteiger partial charge in [0.25, 0.3) is 0 Å². The Labute approximate surface area is 78.2 Å². The second kappa shape index (κ2) is 4.03. The first-order valence-corrected chi connectivity index (χ1v) is 4.17. The Morgan fingerprint density at radius 2 is 2.08 bits per heavy atom. The molecule has 13 heavy (non-hydrogen) atoms. The zero-order chi connectivity index (χ0) is 9.73. The van der Waals surface area contributed by atoms with Crippen LogP contribution in [0.25, 0.3) is 0 Å². The molecule has 0 aliphatic heterocycles. The summed E-state index contributed by atoms with van der Waals surface area (Å²) in [6.45, 7) is 3.91. The third-order valence-corrected chi connectivity index (χ3v) is 1.78. The van der Waals surface area contributed by atoms with Crippen LogP contribution in [0.1, 0.15) is 19.4 Å². The van der Waals surface area contributed by atoms with Crippen molar-refractivity contribution < 1.29 is 4.79 Å². The Bertz CT molecular complexity index is 270. The van der Waals surface area contributed by atoms with E-state index in [1.54, 1.807) is 18.8 Å². The molecular formula is C10H13N2O. The highest BCUT2D eigenvalue weighted by Gasteiger charge is 2.16. The molecule has 0 saturated carbocycles. The molecule has 0 saturated heterocycles. The Morgan fingerprint density at radius 3 is 2.62 bits per heavy atom. The van der Waals surface area contributed by atoms with Gasteiger partial charge in [-0.15, -0.1) is 0 Å². The van der Waals surface area contributed by atoms with Crippen LogP contribution < -0.4 is 5.32 Å². The Hall–Kier alpha value is -1.38. The summed E-state index contributed by atoms with van der Waals surface area (Å²) in [5, 5.41) is 2.64. The van der Waals surface area contributed by atoms with E-state index < -0.39 is 0 Å². The smallest absolute Gasteiger partial charge is 0.309 e. The van der Waals surface area contributed by atoms with Gasteiger partial charge in [0.1, 0.15) is 0 Å². The van der Waals surface area contributed by atoms with E-state index in [1.807, 2.05) is 26.0 Å². The fourth-order valence-corrected chi connectivity index (χ4v) is 1.19. The second-order valence-electron chi connectivity index (χ2n) is 3.64. The van der Waals surface area contributed by atoms with Crippen molar-refractivity contribution in [2.45, 2.75) is 25.8 Å². The summed E-state index contributed by atoms with van der Waals surface area (Å²) in [6, 6.07) is 3.88. The highest BCUT2D eigenvalue weighted by atomic mass is 16.1. The molecule has 0 atom stereocenters. The minimum atomic E-state index is -0.247. The van der Waals surface area contributed by atoms with Gasteiger partial charge in [0.2, 0.25) is 0 Å². The molecule has 0 fully saturated rings. The average molecular weight is 177 g/mol. The molecular weight excluding hydrogens is 164 g/mol. The number of nitrogens with zero attached hydrogens (tertiary/aromatic N) is 1. The van der Waals surface area contributed by atoms with Crippen LogP contribution in [-0.4, -0.2) is 16.9 Å². The first kappa shape index (κ1) is 9.71. The van der Waals surface area contributed by atoms with Gasteiger partial charge in [-0.25, -0.2) is 0 Å². The van der Waals surface area contributed by atoms with E-state index in [-0.39, 0.29) is 5.54 Å². The third kappa shape index (κ3) is 3.23. The van der Waals surface area contributed by atoms with Crippen LogP contribution in [0.3, 0.4) is 0 Å². The van der Waals surface area contributed by atoms with Crippen molar-refractivity contribution in [1.82, 2.24) is 10.3 Å². The highest BCUT2D eigenvalue weighted by molar-refractivity contribution is 5.48. The van der Waals surface area contributed by atoms with Gasteiger partial charge in [-0.3, -0.25) is 9.78 Å². The quantitative estimate of drug-likeness (QED) is 0.699. The fourth-order valence-electron chi connectivity index (χ4n) is 1.19. The molecule has 0 aromatic carbocycles. The number of rotatable bonds is 4. The number of pyridine rings is 1. The van der Waals surface area contributed by atoms with Crippen LogP contribution >= 0.6 is 0 Å². The van der Waals surface area contributed by atoms with Crippen LogP contribution in [0.5, 0.6) is 0 Å². The van der Waals surface area contributed by atoms with Gasteiger partial charge < -0.3 is 5.32 Å². The molecule has 0 bridgehead atoms. The van der Waals surface area contributed by atoms with E-state index >= 15 is 0 Å². The van der Waals surface area contributed by atoms with Crippen LogP contribution in [0, 0.1) is 0 Å². The van der Waals surface area contributed by atoms with E-state index in [0.29, 0.717) is 0 Å². The molecule has 0 unspecified atom stereocenters. The summed E-state index contributed by atoms with van der Waals surface area (Å²) in [7, 11) is 0. The molecule has 0 aliphatic rings. The van der Waals surface area contributed by atoms with Crippen molar-refractivity contribution in [2.75, 3.05) is 0 Å². The average Bonchev–Trinajstić information content (AvgIpc) is 2.04. The largest absolute Gasteiger partial charge is 0.343 e. The molecule has 1 heterocycles. The van der Waals surface area contributed by atoms with Gasteiger partial charge in [0.05, 0.1) is 0 Å². The minimum Gasteiger partial charge on any atom is -0.343 e. The normalized spacial score (nSPS) is 10.9. The number of hydrogen-bond acceptors (Lipinski definition) is 2. The monoisotopic (exact) mass is 177 g/mol. The number of amides is 1. The maximum atomic E-state index is 10.2. The van der Waals surface area contributed by atoms with E-state index in [0.717, 1.165) is 12.0 Å². The second-order valence-corrected chi connectivity index (χ2v) is 3.64. The van der Waals surface area contributed by atoms with Gasteiger partial charge >= 0.3 is 6.41 Å². The maximum Gasteiger partial charge on any atom is 0.309 e. The molecule has 3 heteroatoms. The van der Waals surface area contributed by atoms with Gasteiger partial charge in [0.15, 0.2) is 0 Å². The summed E-state index contributed by atoms with van der Waals surface area (Å²) in [5.74, 6) is 0. The summed E-state index contributed by atoms with van der Waals surface area (Å²) in [5.41, 5.74) is 0.908. The topological polar surface area (TPSA) is 42.0 Å². The predicted octanol–water partition coefficient (Wildman–Crippen LogP) is 1.06. The Balaban J connectivity index is 2.63. The SMILES string of the molecule is CC(C)(Cc1ccncc1)N[C]=O. The van der Waals surface area contributed by atoms with Crippen LogP contribution in [0.15, 0.2) is 24.5 Å². The lowest BCUT2D eigenvalue weighted by Crippen LogP contribution is -2.40. The minimum absolute atomic E-state index is 0.247. The molecule has 0 spiro atoms.